The Kier molecular flexibility index (Phi) is 4.78. The lowest BCUT2D eigenvalue weighted by molar-refractivity contribution is 0.0595. The molecule has 0 spiro atoms. The molecule has 1 saturated heterocycles. The van der Waals surface area contributed by atoms with Gasteiger partial charge in [0.25, 0.3) is 0 Å². The highest BCUT2D eigenvalue weighted by Crippen LogP contribution is 2.20. The number of piperidine rings is 1. The number of benzene rings is 1. The lowest BCUT2D eigenvalue weighted by Crippen LogP contribution is -2.44. The first-order valence-corrected chi connectivity index (χ1v) is 6.74. The number of aliphatic hydroxyl groups is 1. The fraction of sp³-hybridized carbons (Fsp3) is 0.533. The molecular formula is C15H20N2O2. The molecule has 0 aromatic heterocycles. The Morgan fingerprint density at radius 1 is 1.37 bits per heavy atom. The number of nitrogens with zero attached hydrogens (tertiary/aromatic N) is 2. The molecule has 1 atom stereocenters. The Bertz CT molecular complexity index is 430. The van der Waals surface area contributed by atoms with Crippen molar-refractivity contribution in [2.24, 2.45) is 0 Å². The molecule has 1 fully saturated rings. The van der Waals surface area contributed by atoms with Crippen LogP contribution in [-0.2, 0) is 0 Å². The average Bonchev–Trinajstić information content (AvgIpc) is 2.48. The number of hydrogen-bond acceptors (Lipinski definition) is 4. The normalized spacial score (nSPS) is 18.8. The molecule has 102 valence electrons. The molecule has 1 N–H and O–H groups in total. The van der Waals surface area contributed by atoms with E-state index in [0.717, 1.165) is 31.7 Å². The van der Waals surface area contributed by atoms with Crippen LogP contribution >= 0.6 is 0 Å². The topological polar surface area (TPSA) is 56.5 Å². The minimum atomic E-state index is 0.209. The fourth-order valence-corrected chi connectivity index (χ4v) is 2.35. The maximum absolute atomic E-state index is 9.14. The third kappa shape index (κ3) is 3.69. The van der Waals surface area contributed by atoms with Crippen LogP contribution in [0.25, 0.3) is 0 Å². The smallest absolute Gasteiger partial charge is 0.119 e. The molecule has 1 heterocycles. The SMILES string of the molecule is CC(CO)N1CCC(Oc2ccc(C#N)cc2)CC1. The number of likely N-dealkylation sites (tertiary alicyclic amines) is 1. The summed E-state index contributed by atoms with van der Waals surface area (Å²) in [4.78, 5) is 2.29. The van der Waals surface area contributed by atoms with E-state index in [1.165, 1.54) is 0 Å². The van der Waals surface area contributed by atoms with E-state index in [1.54, 1.807) is 12.1 Å². The summed E-state index contributed by atoms with van der Waals surface area (Å²) in [6.07, 6.45) is 2.18. The molecule has 4 heteroatoms. The summed E-state index contributed by atoms with van der Waals surface area (Å²) in [7, 11) is 0. The zero-order valence-corrected chi connectivity index (χ0v) is 11.2. The zero-order chi connectivity index (χ0) is 13.7. The van der Waals surface area contributed by atoms with Gasteiger partial charge in [-0.3, -0.25) is 4.90 Å². The van der Waals surface area contributed by atoms with Crippen LogP contribution in [0.5, 0.6) is 5.75 Å². The van der Waals surface area contributed by atoms with E-state index in [9.17, 15) is 0 Å². The predicted octanol–water partition coefficient (Wildman–Crippen LogP) is 1.78. The first-order chi connectivity index (χ1) is 9.22. The van der Waals surface area contributed by atoms with Gasteiger partial charge in [0.2, 0.25) is 0 Å². The lowest BCUT2D eigenvalue weighted by atomic mass is 10.1. The van der Waals surface area contributed by atoms with Crippen molar-refractivity contribution >= 4 is 0 Å². The molecule has 1 aliphatic heterocycles. The van der Waals surface area contributed by atoms with Crippen LogP contribution in [0.3, 0.4) is 0 Å². The Labute approximate surface area is 114 Å². The van der Waals surface area contributed by atoms with Crippen molar-refractivity contribution in [1.82, 2.24) is 4.90 Å². The van der Waals surface area contributed by atoms with Crippen LogP contribution in [0.1, 0.15) is 25.3 Å². The highest BCUT2D eigenvalue weighted by Gasteiger charge is 2.23. The predicted molar refractivity (Wildman–Crippen MR) is 72.9 cm³/mol. The van der Waals surface area contributed by atoms with Gasteiger partial charge in [-0.05, 0) is 44.0 Å². The second-order valence-electron chi connectivity index (χ2n) is 5.02. The van der Waals surface area contributed by atoms with Crippen LogP contribution < -0.4 is 4.74 Å². The Hall–Kier alpha value is -1.57. The third-order valence-electron chi connectivity index (χ3n) is 3.65. The number of rotatable bonds is 4. The van der Waals surface area contributed by atoms with Gasteiger partial charge in [0, 0.05) is 19.1 Å². The summed E-state index contributed by atoms with van der Waals surface area (Å²) < 4.78 is 5.92. The third-order valence-corrected chi connectivity index (χ3v) is 3.65. The fourth-order valence-electron chi connectivity index (χ4n) is 2.35. The Morgan fingerprint density at radius 2 is 2.00 bits per heavy atom. The molecule has 19 heavy (non-hydrogen) atoms. The van der Waals surface area contributed by atoms with Crippen LogP contribution in [0.2, 0.25) is 0 Å². The summed E-state index contributed by atoms with van der Waals surface area (Å²) in [6.45, 7) is 4.17. The first kappa shape index (κ1) is 13.9. The Balaban J connectivity index is 1.83. The molecule has 0 saturated carbocycles. The van der Waals surface area contributed by atoms with E-state index in [4.69, 9.17) is 15.1 Å². The largest absolute Gasteiger partial charge is 0.490 e. The summed E-state index contributed by atoms with van der Waals surface area (Å²) in [5.74, 6) is 0.827. The summed E-state index contributed by atoms with van der Waals surface area (Å²) in [5.41, 5.74) is 0.652. The van der Waals surface area contributed by atoms with E-state index in [-0.39, 0.29) is 18.8 Å². The summed E-state index contributed by atoms with van der Waals surface area (Å²) in [5, 5.41) is 17.9. The van der Waals surface area contributed by atoms with Gasteiger partial charge in [0.05, 0.1) is 18.2 Å². The van der Waals surface area contributed by atoms with Gasteiger partial charge in [-0.25, -0.2) is 0 Å². The molecule has 4 nitrogen and oxygen atoms in total. The molecule has 1 aromatic carbocycles. The van der Waals surface area contributed by atoms with Gasteiger partial charge in [0.15, 0.2) is 0 Å². The van der Waals surface area contributed by atoms with E-state index in [2.05, 4.69) is 11.0 Å². The first-order valence-electron chi connectivity index (χ1n) is 6.74. The van der Waals surface area contributed by atoms with Crippen LogP contribution in [0.15, 0.2) is 24.3 Å². The quantitative estimate of drug-likeness (QED) is 0.896. The molecule has 1 aromatic rings. The van der Waals surface area contributed by atoms with Crippen molar-refractivity contribution < 1.29 is 9.84 Å². The molecule has 2 rings (SSSR count). The highest BCUT2D eigenvalue weighted by atomic mass is 16.5. The molecular weight excluding hydrogens is 240 g/mol. The van der Waals surface area contributed by atoms with Crippen molar-refractivity contribution in [2.75, 3.05) is 19.7 Å². The van der Waals surface area contributed by atoms with Crippen molar-refractivity contribution in [3.8, 4) is 11.8 Å². The lowest BCUT2D eigenvalue weighted by Gasteiger charge is -2.35. The van der Waals surface area contributed by atoms with Gasteiger partial charge in [-0.2, -0.15) is 5.26 Å². The van der Waals surface area contributed by atoms with Crippen LogP contribution in [-0.4, -0.2) is 41.8 Å². The average molecular weight is 260 g/mol. The van der Waals surface area contributed by atoms with Crippen molar-refractivity contribution in [3.63, 3.8) is 0 Å². The monoisotopic (exact) mass is 260 g/mol. The zero-order valence-electron chi connectivity index (χ0n) is 11.2. The molecule has 0 aliphatic carbocycles. The van der Waals surface area contributed by atoms with Crippen LogP contribution in [0, 0.1) is 11.3 Å². The summed E-state index contributed by atoms with van der Waals surface area (Å²) in [6, 6.07) is 9.58. The van der Waals surface area contributed by atoms with E-state index in [0.29, 0.717) is 5.56 Å². The Morgan fingerprint density at radius 3 is 2.53 bits per heavy atom. The molecule has 0 bridgehead atoms. The van der Waals surface area contributed by atoms with Gasteiger partial charge < -0.3 is 9.84 Å². The van der Waals surface area contributed by atoms with Crippen molar-refractivity contribution in [3.05, 3.63) is 29.8 Å². The van der Waals surface area contributed by atoms with E-state index >= 15 is 0 Å². The second-order valence-corrected chi connectivity index (χ2v) is 5.02. The maximum atomic E-state index is 9.14. The van der Waals surface area contributed by atoms with E-state index < -0.39 is 0 Å². The van der Waals surface area contributed by atoms with Gasteiger partial charge in [0.1, 0.15) is 11.9 Å². The standard InChI is InChI=1S/C15H20N2O2/c1-12(11-18)17-8-6-15(7-9-17)19-14-4-2-13(10-16)3-5-14/h2-5,12,15,18H,6-9,11H2,1H3. The molecule has 0 radical (unpaired) electrons. The van der Waals surface area contributed by atoms with Gasteiger partial charge >= 0.3 is 0 Å². The van der Waals surface area contributed by atoms with E-state index in [1.807, 2.05) is 19.1 Å². The number of hydrogen-bond donors (Lipinski definition) is 1. The highest BCUT2D eigenvalue weighted by molar-refractivity contribution is 5.34. The molecule has 1 unspecified atom stereocenters. The second kappa shape index (κ2) is 6.55. The number of ether oxygens (including phenoxy) is 1. The minimum Gasteiger partial charge on any atom is -0.490 e. The van der Waals surface area contributed by atoms with Crippen LogP contribution in [0.4, 0.5) is 0 Å². The van der Waals surface area contributed by atoms with Gasteiger partial charge in [-0.1, -0.05) is 0 Å². The molecule has 0 amide bonds. The summed E-state index contributed by atoms with van der Waals surface area (Å²) >= 11 is 0. The van der Waals surface area contributed by atoms with Crippen molar-refractivity contribution in [2.45, 2.75) is 31.9 Å². The molecule has 1 aliphatic rings. The maximum Gasteiger partial charge on any atom is 0.119 e. The van der Waals surface area contributed by atoms with Crippen molar-refractivity contribution in [1.29, 1.82) is 5.26 Å². The number of aliphatic hydroxyl groups excluding tert-OH is 1. The van der Waals surface area contributed by atoms with Gasteiger partial charge in [-0.15, -0.1) is 0 Å². The minimum absolute atomic E-state index is 0.209. The number of nitriles is 1.